The third-order valence-electron chi connectivity index (χ3n) is 2.61. The Bertz CT molecular complexity index is 643. The van der Waals surface area contributed by atoms with E-state index in [0.717, 1.165) is 0 Å². The number of aromatic nitrogens is 1. The van der Waals surface area contributed by atoms with Crippen molar-refractivity contribution in [3.63, 3.8) is 0 Å². The summed E-state index contributed by atoms with van der Waals surface area (Å²) in [7, 11) is 3.09. The van der Waals surface area contributed by atoms with Crippen LogP contribution in [-0.2, 0) is 0 Å². The predicted octanol–water partition coefficient (Wildman–Crippen LogP) is 2.34. The minimum atomic E-state index is 0.166. The van der Waals surface area contributed by atoms with E-state index in [1.165, 1.54) is 12.3 Å². The first-order chi connectivity index (χ1) is 9.67. The monoisotopic (exact) mass is 271 g/mol. The molecule has 2 aromatic rings. The van der Waals surface area contributed by atoms with Crippen LogP contribution in [0.2, 0.25) is 0 Å². The molecule has 0 saturated carbocycles. The number of methoxy groups -OCH3 is 2. The Kier molecular flexibility index (Phi) is 3.91. The predicted molar refractivity (Wildman–Crippen MR) is 73.0 cm³/mol. The fourth-order valence-corrected chi connectivity index (χ4v) is 1.58. The first-order valence-electron chi connectivity index (χ1n) is 5.73. The molecule has 0 aliphatic heterocycles. The lowest BCUT2D eigenvalue weighted by Gasteiger charge is -2.11. The standard InChI is InChI=1S/C14H13N3O3/c1-18-10-5-11(19-2)7-12(6-10)20-14-13(16)9(8-15)3-4-17-14/h3-7H,16H2,1-2H3. The molecule has 0 radical (unpaired) electrons. The molecule has 2 N–H and O–H groups in total. The number of nitrogens with zero attached hydrogens (tertiary/aromatic N) is 2. The highest BCUT2D eigenvalue weighted by Gasteiger charge is 2.10. The molecular weight excluding hydrogens is 258 g/mol. The van der Waals surface area contributed by atoms with Crippen molar-refractivity contribution in [3.05, 3.63) is 36.0 Å². The highest BCUT2D eigenvalue weighted by atomic mass is 16.5. The van der Waals surface area contributed by atoms with Gasteiger partial charge < -0.3 is 19.9 Å². The van der Waals surface area contributed by atoms with Crippen LogP contribution in [-0.4, -0.2) is 19.2 Å². The van der Waals surface area contributed by atoms with E-state index in [4.69, 9.17) is 25.2 Å². The SMILES string of the molecule is COc1cc(OC)cc(Oc2nccc(C#N)c2N)c1. The Morgan fingerprint density at radius 1 is 1.10 bits per heavy atom. The summed E-state index contributed by atoms with van der Waals surface area (Å²) < 4.78 is 15.9. The summed E-state index contributed by atoms with van der Waals surface area (Å²) in [4.78, 5) is 4.01. The van der Waals surface area contributed by atoms with E-state index in [-0.39, 0.29) is 11.6 Å². The van der Waals surface area contributed by atoms with Crippen molar-refractivity contribution < 1.29 is 14.2 Å². The lowest BCUT2D eigenvalue weighted by atomic mass is 10.2. The molecule has 102 valence electrons. The third-order valence-corrected chi connectivity index (χ3v) is 2.61. The van der Waals surface area contributed by atoms with Gasteiger partial charge in [-0.05, 0) is 6.07 Å². The molecule has 0 bridgehead atoms. The van der Waals surface area contributed by atoms with Crippen LogP contribution in [0.3, 0.4) is 0 Å². The summed E-state index contributed by atoms with van der Waals surface area (Å²) in [5, 5.41) is 8.92. The van der Waals surface area contributed by atoms with E-state index in [1.807, 2.05) is 6.07 Å². The van der Waals surface area contributed by atoms with Crippen molar-refractivity contribution in [2.24, 2.45) is 0 Å². The molecule has 0 amide bonds. The molecule has 0 saturated heterocycles. The molecule has 6 nitrogen and oxygen atoms in total. The zero-order valence-corrected chi connectivity index (χ0v) is 11.1. The van der Waals surface area contributed by atoms with Crippen molar-refractivity contribution in [2.45, 2.75) is 0 Å². The van der Waals surface area contributed by atoms with Crippen LogP contribution >= 0.6 is 0 Å². The van der Waals surface area contributed by atoms with E-state index < -0.39 is 0 Å². The van der Waals surface area contributed by atoms with Crippen LogP contribution in [0.15, 0.2) is 30.5 Å². The highest BCUT2D eigenvalue weighted by molar-refractivity contribution is 5.61. The number of rotatable bonds is 4. The van der Waals surface area contributed by atoms with Crippen molar-refractivity contribution in [3.8, 4) is 29.2 Å². The van der Waals surface area contributed by atoms with Gasteiger partial charge in [-0.1, -0.05) is 0 Å². The zero-order chi connectivity index (χ0) is 14.5. The second-order valence-electron chi connectivity index (χ2n) is 3.84. The molecule has 0 spiro atoms. The number of nitrogen functional groups attached to an aromatic ring is 1. The van der Waals surface area contributed by atoms with Crippen LogP contribution in [0.5, 0.6) is 23.1 Å². The van der Waals surface area contributed by atoms with Gasteiger partial charge in [0.25, 0.3) is 0 Å². The second kappa shape index (κ2) is 5.80. The average Bonchev–Trinajstić information content (AvgIpc) is 2.49. The maximum atomic E-state index is 8.92. The molecule has 0 aliphatic rings. The molecular formula is C14H13N3O3. The number of hydrogen-bond donors (Lipinski definition) is 1. The lowest BCUT2D eigenvalue weighted by molar-refractivity contribution is 0.385. The van der Waals surface area contributed by atoms with E-state index >= 15 is 0 Å². The highest BCUT2D eigenvalue weighted by Crippen LogP contribution is 2.32. The Balaban J connectivity index is 2.37. The Morgan fingerprint density at radius 3 is 2.25 bits per heavy atom. The summed E-state index contributed by atoms with van der Waals surface area (Å²) in [5.41, 5.74) is 6.31. The van der Waals surface area contributed by atoms with Gasteiger partial charge in [-0.25, -0.2) is 4.98 Å². The van der Waals surface area contributed by atoms with Crippen LogP contribution in [0.4, 0.5) is 5.69 Å². The molecule has 1 heterocycles. The lowest BCUT2D eigenvalue weighted by Crippen LogP contribution is -1.98. The number of nitriles is 1. The van der Waals surface area contributed by atoms with Gasteiger partial charge in [0.15, 0.2) is 0 Å². The summed E-state index contributed by atoms with van der Waals surface area (Å²) in [5.74, 6) is 1.78. The van der Waals surface area contributed by atoms with Crippen LogP contribution in [0.25, 0.3) is 0 Å². The van der Waals surface area contributed by atoms with Gasteiger partial charge in [0, 0.05) is 24.4 Å². The summed E-state index contributed by atoms with van der Waals surface area (Å²) in [6, 6.07) is 8.55. The van der Waals surface area contributed by atoms with Gasteiger partial charge in [0.2, 0.25) is 5.88 Å². The minimum absolute atomic E-state index is 0.166. The van der Waals surface area contributed by atoms with Gasteiger partial charge >= 0.3 is 0 Å². The largest absolute Gasteiger partial charge is 0.496 e. The van der Waals surface area contributed by atoms with Crippen LogP contribution < -0.4 is 19.9 Å². The quantitative estimate of drug-likeness (QED) is 0.917. The van der Waals surface area contributed by atoms with Crippen LogP contribution in [0.1, 0.15) is 5.56 Å². The van der Waals surface area contributed by atoms with Gasteiger partial charge in [-0.3, -0.25) is 0 Å². The molecule has 0 fully saturated rings. The molecule has 6 heteroatoms. The molecule has 0 unspecified atom stereocenters. The van der Waals surface area contributed by atoms with Crippen molar-refractivity contribution in [1.82, 2.24) is 4.98 Å². The maximum absolute atomic E-state index is 8.92. The molecule has 0 atom stereocenters. The van der Waals surface area contributed by atoms with Gasteiger partial charge in [0.05, 0.1) is 19.8 Å². The molecule has 2 rings (SSSR count). The van der Waals surface area contributed by atoms with E-state index in [1.54, 1.807) is 32.4 Å². The third kappa shape index (κ3) is 2.72. The number of benzene rings is 1. The number of ether oxygens (including phenoxy) is 3. The van der Waals surface area contributed by atoms with Crippen molar-refractivity contribution >= 4 is 5.69 Å². The molecule has 1 aromatic carbocycles. The molecule has 20 heavy (non-hydrogen) atoms. The average molecular weight is 271 g/mol. The Hall–Kier alpha value is -2.94. The number of hydrogen-bond acceptors (Lipinski definition) is 6. The van der Waals surface area contributed by atoms with Crippen molar-refractivity contribution in [1.29, 1.82) is 5.26 Å². The summed E-state index contributed by atoms with van der Waals surface area (Å²) >= 11 is 0. The maximum Gasteiger partial charge on any atom is 0.244 e. The Labute approximate surface area is 116 Å². The fraction of sp³-hybridized carbons (Fsp3) is 0.143. The number of pyridine rings is 1. The van der Waals surface area contributed by atoms with Gasteiger partial charge in [-0.15, -0.1) is 0 Å². The minimum Gasteiger partial charge on any atom is -0.496 e. The van der Waals surface area contributed by atoms with E-state index in [9.17, 15) is 0 Å². The van der Waals surface area contributed by atoms with Crippen molar-refractivity contribution in [2.75, 3.05) is 20.0 Å². The zero-order valence-electron chi connectivity index (χ0n) is 11.1. The number of anilines is 1. The van der Waals surface area contributed by atoms with Crippen LogP contribution in [0, 0.1) is 11.3 Å². The molecule has 1 aromatic heterocycles. The normalized spacial score (nSPS) is 9.65. The summed E-state index contributed by atoms with van der Waals surface area (Å²) in [6.07, 6.45) is 1.46. The molecule has 0 aliphatic carbocycles. The number of nitrogens with two attached hydrogens (primary N) is 1. The van der Waals surface area contributed by atoms with Gasteiger partial charge in [0.1, 0.15) is 29.0 Å². The van der Waals surface area contributed by atoms with Gasteiger partial charge in [-0.2, -0.15) is 5.26 Å². The first kappa shape index (κ1) is 13.5. The smallest absolute Gasteiger partial charge is 0.244 e. The van der Waals surface area contributed by atoms with E-state index in [2.05, 4.69) is 4.98 Å². The Morgan fingerprint density at radius 2 is 1.70 bits per heavy atom. The first-order valence-corrected chi connectivity index (χ1v) is 5.73. The second-order valence-corrected chi connectivity index (χ2v) is 3.84. The summed E-state index contributed by atoms with van der Waals surface area (Å²) in [6.45, 7) is 0. The fourth-order valence-electron chi connectivity index (χ4n) is 1.58. The topological polar surface area (TPSA) is 90.4 Å². The van der Waals surface area contributed by atoms with E-state index in [0.29, 0.717) is 22.8 Å².